The van der Waals surface area contributed by atoms with E-state index < -0.39 is 0 Å². The van der Waals surface area contributed by atoms with Crippen LogP contribution < -0.4 is 15.0 Å². The number of aromatic nitrogens is 2. The van der Waals surface area contributed by atoms with Crippen LogP contribution in [-0.4, -0.2) is 42.8 Å². The van der Waals surface area contributed by atoms with Gasteiger partial charge in [0.25, 0.3) is 0 Å². The molecule has 1 N–H and O–H groups in total. The summed E-state index contributed by atoms with van der Waals surface area (Å²) in [6.45, 7) is 4.59. The fourth-order valence-corrected chi connectivity index (χ4v) is 3.31. The molecule has 0 saturated carbocycles. The molecule has 0 aliphatic carbocycles. The van der Waals surface area contributed by atoms with Crippen LogP contribution in [-0.2, 0) is 4.79 Å². The van der Waals surface area contributed by atoms with E-state index in [1.165, 1.54) is 0 Å². The highest BCUT2D eigenvalue weighted by Crippen LogP contribution is 2.24. The summed E-state index contributed by atoms with van der Waals surface area (Å²) in [4.78, 5) is 14.4. The van der Waals surface area contributed by atoms with Gasteiger partial charge >= 0.3 is 0 Å². The number of benzene rings is 1. The van der Waals surface area contributed by atoms with Crippen molar-refractivity contribution in [3.05, 3.63) is 36.4 Å². The Morgan fingerprint density at radius 3 is 2.48 bits per heavy atom. The van der Waals surface area contributed by atoms with Gasteiger partial charge in [-0.2, -0.15) is 0 Å². The van der Waals surface area contributed by atoms with E-state index in [0.29, 0.717) is 0 Å². The molecule has 0 unspecified atom stereocenters. The molecule has 3 rings (SSSR count). The number of unbranched alkanes of at least 4 members (excludes halogenated alkanes) is 1. The average Bonchev–Trinajstić information content (AvgIpc) is 2.74. The molecule has 0 bridgehead atoms. The Hall–Kier alpha value is -2.63. The van der Waals surface area contributed by atoms with Crippen LogP contribution in [0.25, 0.3) is 11.3 Å². The molecule has 2 heterocycles. The zero-order valence-electron chi connectivity index (χ0n) is 16.1. The Labute approximate surface area is 160 Å². The second-order valence-corrected chi connectivity index (χ2v) is 6.91. The topological polar surface area (TPSA) is 67.4 Å². The first-order chi connectivity index (χ1) is 13.2. The molecule has 1 amide bonds. The number of carbonyl (C=O) groups is 1. The second-order valence-electron chi connectivity index (χ2n) is 6.91. The number of nitrogens with zero attached hydrogens (tertiary/aromatic N) is 3. The maximum atomic E-state index is 12.2. The number of nitrogens with one attached hydrogen (secondary N) is 1. The van der Waals surface area contributed by atoms with Gasteiger partial charge in [0.1, 0.15) is 5.75 Å². The lowest BCUT2D eigenvalue weighted by Gasteiger charge is -2.31. The number of hydrogen-bond acceptors (Lipinski definition) is 5. The Kier molecular flexibility index (Phi) is 6.63. The summed E-state index contributed by atoms with van der Waals surface area (Å²) >= 11 is 0. The van der Waals surface area contributed by atoms with Gasteiger partial charge < -0.3 is 15.0 Å². The van der Waals surface area contributed by atoms with Gasteiger partial charge in [-0.1, -0.05) is 13.3 Å². The van der Waals surface area contributed by atoms with Crippen LogP contribution in [0.15, 0.2) is 36.4 Å². The maximum absolute atomic E-state index is 12.2. The summed E-state index contributed by atoms with van der Waals surface area (Å²) in [6, 6.07) is 11.8. The predicted octanol–water partition coefficient (Wildman–Crippen LogP) is 3.28. The van der Waals surface area contributed by atoms with E-state index in [2.05, 4.69) is 27.3 Å². The van der Waals surface area contributed by atoms with Crippen LogP contribution in [0.3, 0.4) is 0 Å². The molecular formula is C21H28N4O2. The van der Waals surface area contributed by atoms with Crippen molar-refractivity contribution < 1.29 is 9.53 Å². The Bertz CT molecular complexity index is 723. The lowest BCUT2D eigenvalue weighted by molar-refractivity contribution is -0.125. The summed E-state index contributed by atoms with van der Waals surface area (Å²) in [5.41, 5.74) is 1.85. The van der Waals surface area contributed by atoms with Crippen molar-refractivity contribution in [3.63, 3.8) is 0 Å². The molecule has 1 saturated heterocycles. The van der Waals surface area contributed by atoms with Crippen molar-refractivity contribution in [1.29, 1.82) is 0 Å². The Balaban J connectivity index is 1.54. The third-order valence-corrected chi connectivity index (χ3v) is 5.06. The number of carbonyl (C=O) groups excluding carboxylic acids is 1. The number of amides is 1. The summed E-state index contributed by atoms with van der Waals surface area (Å²) in [7, 11) is 1.65. The highest BCUT2D eigenvalue weighted by Gasteiger charge is 2.25. The molecule has 1 aromatic carbocycles. The number of ether oxygens (including phenoxy) is 1. The molecule has 1 aromatic heterocycles. The minimum atomic E-state index is 0.115. The summed E-state index contributed by atoms with van der Waals surface area (Å²) < 4.78 is 5.19. The van der Waals surface area contributed by atoms with Crippen molar-refractivity contribution in [3.8, 4) is 17.0 Å². The third kappa shape index (κ3) is 4.96. The molecule has 6 heteroatoms. The van der Waals surface area contributed by atoms with Gasteiger partial charge in [0.05, 0.1) is 12.8 Å². The van der Waals surface area contributed by atoms with Gasteiger partial charge in [0.15, 0.2) is 5.82 Å². The first-order valence-corrected chi connectivity index (χ1v) is 9.72. The standard InChI is InChI=1S/C21H28N4O2/c1-3-4-13-22-21(26)17-11-14-25(15-12-17)20-10-9-19(23-24-20)16-5-7-18(27-2)8-6-16/h5-10,17H,3-4,11-15H2,1-2H3,(H,22,26). The van der Waals surface area contributed by atoms with E-state index >= 15 is 0 Å². The molecule has 1 fully saturated rings. The maximum Gasteiger partial charge on any atom is 0.223 e. The Morgan fingerprint density at radius 2 is 1.89 bits per heavy atom. The van der Waals surface area contributed by atoms with Crippen LogP contribution in [0.1, 0.15) is 32.6 Å². The van der Waals surface area contributed by atoms with E-state index in [4.69, 9.17) is 4.74 Å². The first-order valence-electron chi connectivity index (χ1n) is 9.72. The van der Waals surface area contributed by atoms with Crippen molar-refractivity contribution in [1.82, 2.24) is 15.5 Å². The Morgan fingerprint density at radius 1 is 1.15 bits per heavy atom. The number of anilines is 1. The van der Waals surface area contributed by atoms with Crippen LogP contribution in [0.2, 0.25) is 0 Å². The lowest BCUT2D eigenvalue weighted by Crippen LogP contribution is -2.41. The molecule has 0 atom stereocenters. The van der Waals surface area contributed by atoms with Crippen LogP contribution in [0.5, 0.6) is 5.75 Å². The third-order valence-electron chi connectivity index (χ3n) is 5.06. The number of rotatable bonds is 7. The van der Waals surface area contributed by atoms with Gasteiger partial charge in [0, 0.05) is 31.1 Å². The van der Waals surface area contributed by atoms with Crippen molar-refractivity contribution >= 4 is 11.7 Å². The molecule has 1 aliphatic heterocycles. The fraction of sp³-hybridized carbons (Fsp3) is 0.476. The zero-order valence-corrected chi connectivity index (χ0v) is 16.1. The molecular weight excluding hydrogens is 340 g/mol. The van der Waals surface area contributed by atoms with Gasteiger partial charge in [0.2, 0.25) is 5.91 Å². The molecule has 2 aromatic rings. The second kappa shape index (κ2) is 9.35. The molecule has 6 nitrogen and oxygen atoms in total. The molecule has 27 heavy (non-hydrogen) atoms. The summed E-state index contributed by atoms with van der Waals surface area (Å²) in [6.07, 6.45) is 3.87. The van der Waals surface area contributed by atoms with Crippen LogP contribution >= 0.6 is 0 Å². The minimum Gasteiger partial charge on any atom is -0.497 e. The average molecular weight is 368 g/mol. The quantitative estimate of drug-likeness (QED) is 0.760. The summed E-state index contributed by atoms with van der Waals surface area (Å²) in [5, 5.41) is 11.8. The van der Waals surface area contributed by atoms with Crippen molar-refractivity contribution in [2.24, 2.45) is 5.92 Å². The molecule has 0 spiro atoms. The smallest absolute Gasteiger partial charge is 0.223 e. The predicted molar refractivity (Wildman–Crippen MR) is 107 cm³/mol. The van der Waals surface area contributed by atoms with Gasteiger partial charge in [-0.25, -0.2) is 0 Å². The SMILES string of the molecule is CCCCNC(=O)C1CCN(c2ccc(-c3ccc(OC)cc3)nn2)CC1. The monoisotopic (exact) mass is 368 g/mol. The van der Waals surface area contributed by atoms with E-state index in [-0.39, 0.29) is 11.8 Å². The highest BCUT2D eigenvalue weighted by molar-refractivity contribution is 5.78. The molecule has 1 aliphatic rings. The van der Waals surface area contributed by atoms with Gasteiger partial charge in [-0.3, -0.25) is 4.79 Å². The summed E-state index contributed by atoms with van der Waals surface area (Å²) in [5.74, 6) is 2.01. The van der Waals surface area contributed by atoms with E-state index in [1.807, 2.05) is 36.4 Å². The largest absolute Gasteiger partial charge is 0.497 e. The highest BCUT2D eigenvalue weighted by atomic mass is 16.5. The number of methoxy groups -OCH3 is 1. The first kappa shape index (κ1) is 19.1. The molecule has 0 radical (unpaired) electrons. The molecule has 144 valence electrons. The van der Waals surface area contributed by atoms with Crippen molar-refractivity contribution in [2.75, 3.05) is 31.6 Å². The van der Waals surface area contributed by atoms with E-state index in [9.17, 15) is 4.79 Å². The van der Waals surface area contributed by atoms with Gasteiger partial charge in [-0.15, -0.1) is 10.2 Å². The zero-order chi connectivity index (χ0) is 19.1. The normalized spacial score (nSPS) is 14.8. The van der Waals surface area contributed by atoms with Crippen molar-refractivity contribution in [2.45, 2.75) is 32.6 Å². The van der Waals surface area contributed by atoms with Crippen LogP contribution in [0, 0.1) is 5.92 Å². The number of hydrogen-bond donors (Lipinski definition) is 1. The fourth-order valence-electron chi connectivity index (χ4n) is 3.31. The van der Waals surface area contributed by atoms with E-state index in [1.54, 1.807) is 7.11 Å². The van der Waals surface area contributed by atoms with E-state index in [0.717, 1.165) is 68.1 Å². The van der Waals surface area contributed by atoms with Gasteiger partial charge in [-0.05, 0) is 55.7 Å². The lowest BCUT2D eigenvalue weighted by atomic mass is 9.96. The van der Waals surface area contributed by atoms with Crippen LogP contribution in [0.4, 0.5) is 5.82 Å². The minimum absolute atomic E-state index is 0.115. The number of piperidine rings is 1.